The van der Waals surface area contributed by atoms with E-state index in [-0.39, 0.29) is 6.04 Å². The number of para-hydroxylation sites is 1. The van der Waals surface area contributed by atoms with E-state index < -0.39 is 0 Å². The van der Waals surface area contributed by atoms with Crippen LogP contribution in [0.3, 0.4) is 0 Å². The number of rotatable bonds is 7. The molecule has 34 heavy (non-hydrogen) atoms. The Kier molecular flexibility index (Phi) is 6.59. The van der Waals surface area contributed by atoms with Crippen molar-refractivity contribution in [2.75, 3.05) is 18.5 Å². The monoisotopic (exact) mass is 472 g/mol. The number of nitrogens with one attached hydrogen (secondary N) is 1. The number of anilines is 1. The van der Waals surface area contributed by atoms with Gasteiger partial charge in [-0.1, -0.05) is 54.1 Å². The molecule has 0 saturated carbocycles. The minimum Gasteiger partial charge on any atom is -0.490 e. The highest BCUT2D eigenvalue weighted by Gasteiger charge is 2.37. The van der Waals surface area contributed by atoms with Crippen LogP contribution in [-0.2, 0) is 0 Å². The molecule has 1 heterocycles. The van der Waals surface area contributed by atoms with E-state index in [9.17, 15) is 0 Å². The van der Waals surface area contributed by atoms with Crippen LogP contribution in [0.25, 0.3) is 0 Å². The predicted molar refractivity (Wildman–Crippen MR) is 140 cm³/mol. The van der Waals surface area contributed by atoms with E-state index in [1.807, 2.05) is 32.2 Å². The first-order valence-electron chi connectivity index (χ1n) is 11.9. The van der Waals surface area contributed by atoms with Gasteiger partial charge in [0.1, 0.15) is 0 Å². The minimum absolute atomic E-state index is 0.284. The van der Waals surface area contributed by atoms with Gasteiger partial charge in [-0.3, -0.25) is 4.99 Å². The van der Waals surface area contributed by atoms with Gasteiger partial charge in [0.25, 0.3) is 0 Å². The zero-order chi connectivity index (χ0) is 23.5. The van der Waals surface area contributed by atoms with E-state index in [4.69, 9.17) is 21.1 Å². The molecule has 0 aromatic heterocycles. The topological polar surface area (TPSA) is 42.8 Å². The van der Waals surface area contributed by atoms with Crippen molar-refractivity contribution in [1.29, 1.82) is 0 Å². The van der Waals surface area contributed by atoms with Gasteiger partial charge in [-0.25, -0.2) is 0 Å². The number of halogens is 1. The Morgan fingerprint density at radius 3 is 2.62 bits per heavy atom. The van der Waals surface area contributed by atoms with E-state index in [1.165, 1.54) is 16.8 Å². The SMILES string of the molecule is CCOc1cc(C=Nc2ccc([C@@H]3Nc4ccccc4[C@@H]4C=CC[C@H]43)cc2)cc(Cl)c1OCC. The molecule has 3 aromatic rings. The maximum Gasteiger partial charge on any atom is 0.179 e. The normalized spacial score (nSPS) is 20.6. The zero-order valence-corrected chi connectivity index (χ0v) is 20.3. The van der Waals surface area contributed by atoms with E-state index in [0.717, 1.165) is 17.7 Å². The Morgan fingerprint density at radius 1 is 1.03 bits per heavy atom. The van der Waals surface area contributed by atoms with Gasteiger partial charge in [-0.2, -0.15) is 0 Å². The maximum atomic E-state index is 6.44. The van der Waals surface area contributed by atoms with Crippen LogP contribution in [0, 0.1) is 5.92 Å². The molecule has 2 aliphatic rings. The first-order valence-corrected chi connectivity index (χ1v) is 12.3. The fraction of sp³-hybridized carbons (Fsp3) is 0.276. The number of fused-ring (bicyclic) bond motifs is 3. The van der Waals surface area contributed by atoms with Gasteiger partial charge in [-0.05, 0) is 73.2 Å². The molecule has 0 amide bonds. The molecule has 5 heteroatoms. The van der Waals surface area contributed by atoms with Crippen molar-refractivity contribution >= 4 is 29.2 Å². The molecule has 0 saturated heterocycles. The molecule has 0 bridgehead atoms. The fourth-order valence-corrected chi connectivity index (χ4v) is 5.27. The Morgan fingerprint density at radius 2 is 1.82 bits per heavy atom. The quantitative estimate of drug-likeness (QED) is 0.283. The standard InChI is InChI=1S/C29H29ClN2O2/c1-3-33-27-17-19(16-25(30)29(27)34-4-2)18-31-21-14-12-20(13-15-21)28-24-10-7-9-22(24)23-8-5-6-11-26(23)32-28/h5-9,11-18,22,24,28,32H,3-4,10H2,1-2H3/t22-,24+,28-/m0/s1. The third-order valence-electron chi connectivity index (χ3n) is 6.51. The third-order valence-corrected chi connectivity index (χ3v) is 6.79. The molecule has 3 atom stereocenters. The lowest BCUT2D eigenvalue weighted by molar-refractivity contribution is 0.288. The molecular formula is C29H29ClN2O2. The molecule has 0 radical (unpaired) electrons. The number of hydrogen-bond donors (Lipinski definition) is 1. The number of nitrogens with zero attached hydrogens (tertiary/aromatic N) is 1. The highest BCUT2D eigenvalue weighted by Crippen LogP contribution is 2.49. The Balaban J connectivity index is 1.35. The summed E-state index contributed by atoms with van der Waals surface area (Å²) in [5, 5.41) is 4.30. The summed E-state index contributed by atoms with van der Waals surface area (Å²) < 4.78 is 11.4. The molecule has 5 rings (SSSR count). The number of allylic oxidation sites excluding steroid dienone is 2. The molecule has 0 fully saturated rings. The van der Waals surface area contributed by atoms with Gasteiger partial charge in [-0.15, -0.1) is 0 Å². The molecule has 174 valence electrons. The van der Waals surface area contributed by atoms with Gasteiger partial charge in [0.2, 0.25) is 0 Å². The van der Waals surface area contributed by atoms with E-state index in [0.29, 0.717) is 41.6 Å². The highest BCUT2D eigenvalue weighted by atomic mass is 35.5. The van der Waals surface area contributed by atoms with Gasteiger partial charge < -0.3 is 14.8 Å². The minimum atomic E-state index is 0.284. The number of ether oxygens (including phenoxy) is 2. The average Bonchev–Trinajstić information content (AvgIpc) is 3.35. The Labute approximate surface area is 206 Å². The zero-order valence-electron chi connectivity index (χ0n) is 19.5. The number of hydrogen-bond acceptors (Lipinski definition) is 4. The van der Waals surface area contributed by atoms with Crippen LogP contribution in [-0.4, -0.2) is 19.4 Å². The summed E-state index contributed by atoms with van der Waals surface area (Å²) in [6.45, 7) is 4.93. The lowest BCUT2D eigenvalue weighted by Crippen LogP contribution is -2.28. The van der Waals surface area contributed by atoms with Crippen LogP contribution >= 0.6 is 11.6 Å². The highest BCUT2D eigenvalue weighted by molar-refractivity contribution is 6.32. The molecular weight excluding hydrogens is 444 g/mol. The summed E-state index contributed by atoms with van der Waals surface area (Å²) >= 11 is 6.44. The van der Waals surface area contributed by atoms with E-state index >= 15 is 0 Å². The lowest BCUT2D eigenvalue weighted by atomic mass is 9.77. The second-order valence-corrected chi connectivity index (χ2v) is 9.02. The Bertz CT molecular complexity index is 1220. The molecule has 1 N–H and O–H groups in total. The van der Waals surface area contributed by atoms with Crippen LogP contribution in [0.4, 0.5) is 11.4 Å². The summed E-state index contributed by atoms with van der Waals surface area (Å²) in [4.78, 5) is 4.67. The number of aliphatic imine (C=N–C) groups is 1. The average molecular weight is 473 g/mol. The van der Waals surface area contributed by atoms with Crippen molar-refractivity contribution in [3.8, 4) is 11.5 Å². The smallest absolute Gasteiger partial charge is 0.179 e. The van der Waals surface area contributed by atoms with Crippen molar-refractivity contribution in [2.24, 2.45) is 10.9 Å². The Hall–Kier alpha value is -3.24. The number of benzene rings is 3. The van der Waals surface area contributed by atoms with Gasteiger partial charge in [0.15, 0.2) is 11.5 Å². The van der Waals surface area contributed by atoms with Crippen molar-refractivity contribution in [3.63, 3.8) is 0 Å². The lowest BCUT2D eigenvalue weighted by Gasteiger charge is -2.37. The second kappa shape index (κ2) is 9.94. The maximum absolute atomic E-state index is 6.44. The summed E-state index contributed by atoms with van der Waals surface area (Å²) in [7, 11) is 0. The molecule has 4 nitrogen and oxygen atoms in total. The van der Waals surface area contributed by atoms with Crippen molar-refractivity contribution < 1.29 is 9.47 Å². The second-order valence-electron chi connectivity index (χ2n) is 8.61. The largest absolute Gasteiger partial charge is 0.490 e. The summed E-state index contributed by atoms with van der Waals surface area (Å²) in [5.74, 6) is 2.22. The third kappa shape index (κ3) is 4.43. The molecule has 0 spiro atoms. The van der Waals surface area contributed by atoms with Crippen molar-refractivity contribution in [3.05, 3.63) is 94.5 Å². The fourth-order valence-electron chi connectivity index (χ4n) is 5.00. The van der Waals surface area contributed by atoms with Gasteiger partial charge in [0.05, 0.1) is 30.0 Å². The molecule has 1 aliphatic heterocycles. The molecule has 1 aliphatic carbocycles. The summed E-state index contributed by atoms with van der Waals surface area (Å²) in [5.41, 5.74) is 5.68. The first kappa shape index (κ1) is 22.5. The van der Waals surface area contributed by atoms with Crippen molar-refractivity contribution in [1.82, 2.24) is 0 Å². The van der Waals surface area contributed by atoms with Crippen LogP contribution in [0.15, 0.2) is 77.8 Å². The van der Waals surface area contributed by atoms with Crippen LogP contribution in [0.5, 0.6) is 11.5 Å². The van der Waals surface area contributed by atoms with E-state index in [2.05, 4.69) is 71.0 Å². The van der Waals surface area contributed by atoms with Crippen LogP contribution < -0.4 is 14.8 Å². The predicted octanol–water partition coefficient (Wildman–Crippen LogP) is 7.71. The van der Waals surface area contributed by atoms with Crippen molar-refractivity contribution in [2.45, 2.75) is 32.2 Å². The van der Waals surface area contributed by atoms with Gasteiger partial charge in [0, 0.05) is 17.8 Å². The first-order chi connectivity index (χ1) is 16.7. The molecule has 0 unspecified atom stereocenters. The summed E-state index contributed by atoms with van der Waals surface area (Å²) in [6.07, 6.45) is 7.60. The van der Waals surface area contributed by atoms with Gasteiger partial charge >= 0.3 is 0 Å². The molecule has 3 aromatic carbocycles. The van der Waals surface area contributed by atoms with Crippen LogP contribution in [0.2, 0.25) is 5.02 Å². The summed E-state index contributed by atoms with van der Waals surface area (Å²) in [6, 6.07) is 21.2. The van der Waals surface area contributed by atoms with Crippen LogP contribution in [0.1, 0.15) is 48.9 Å². The van der Waals surface area contributed by atoms with E-state index in [1.54, 1.807) is 0 Å².